The summed E-state index contributed by atoms with van der Waals surface area (Å²) in [5.74, 6) is 1.65. The minimum absolute atomic E-state index is 0.163. The van der Waals surface area contributed by atoms with Gasteiger partial charge in [0, 0.05) is 37.7 Å². The molecule has 0 radical (unpaired) electrons. The fourth-order valence-electron chi connectivity index (χ4n) is 3.10. The van der Waals surface area contributed by atoms with Crippen molar-refractivity contribution in [2.45, 2.75) is 64.5 Å². The van der Waals surface area contributed by atoms with Gasteiger partial charge in [-0.25, -0.2) is 0 Å². The van der Waals surface area contributed by atoms with E-state index in [4.69, 9.17) is 4.52 Å². The van der Waals surface area contributed by atoms with Gasteiger partial charge in [0.15, 0.2) is 5.82 Å². The third-order valence-corrected chi connectivity index (χ3v) is 4.46. The molecule has 0 saturated carbocycles. The number of aryl methyl sites for hydroxylation is 1. The smallest absolute Gasteiger partial charge is 0.227 e. The maximum absolute atomic E-state index is 12.7. The molecule has 3 rings (SSSR count). The fourth-order valence-corrected chi connectivity index (χ4v) is 3.10. The van der Waals surface area contributed by atoms with Crippen LogP contribution in [0.3, 0.4) is 0 Å². The van der Waals surface area contributed by atoms with E-state index >= 15 is 0 Å². The molecule has 1 fully saturated rings. The van der Waals surface area contributed by atoms with Crippen LogP contribution in [0.5, 0.6) is 0 Å². The third-order valence-electron chi connectivity index (χ3n) is 4.46. The second-order valence-corrected chi connectivity index (χ2v) is 6.67. The Morgan fingerprint density at radius 1 is 1.42 bits per heavy atom. The van der Waals surface area contributed by atoms with Gasteiger partial charge in [-0.2, -0.15) is 10.1 Å². The molecule has 0 aliphatic carbocycles. The Bertz CT molecular complexity index is 650. The molecule has 3 heterocycles. The molecule has 0 bridgehead atoms. The van der Waals surface area contributed by atoms with Crippen LogP contribution < -0.4 is 0 Å². The lowest BCUT2D eigenvalue weighted by Gasteiger charge is -2.35. The van der Waals surface area contributed by atoms with Crippen LogP contribution in [0.25, 0.3) is 0 Å². The molecular weight excluding hydrogens is 306 g/mol. The average molecular weight is 331 g/mol. The van der Waals surface area contributed by atoms with Gasteiger partial charge in [0.1, 0.15) is 0 Å². The van der Waals surface area contributed by atoms with Crippen LogP contribution in [0.15, 0.2) is 23.0 Å². The second-order valence-electron chi connectivity index (χ2n) is 6.67. The number of likely N-dealkylation sites (tertiary alicyclic amines) is 1. The maximum Gasteiger partial charge on any atom is 0.227 e. The van der Waals surface area contributed by atoms with E-state index in [1.54, 1.807) is 6.20 Å². The third kappa shape index (κ3) is 4.01. The highest BCUT2D eigenvalue weighted by molar-refractivity contribution is 5.76. The number of amides is 1. The molecule has 130 valence electrons. The van der Waals surface area contributed by atoms with Crippen molar-refractivity contribution in [3.8, 4) is 0 Å². The van der Waals surface area contributed by atoms with Crippen LogP contribution in [-0.2, 0) is 17.8 Å². The van der Waals surface area contributed by atoms with Gasteiger partial charge in [-0.3, -0.25) is 9.48 Å². The minimum atomic E-state index is 0.163. The van der Waals surface area contributed by atoms with Crippen LogP contribution in [-0.4, -0.2) is 43.3 Å². The number of carbonyl (C=O) groups is 1. The summed E-state index contributed by atoms with van der Waals surface area (Å²) in [5.41, 5.74) is 0. The summed E-state index contributed by atoms with van der Waals surface area (Å²) < 4.78 is 7.14. The van der Waals surface area contributed by atoms with E-state index in [0.29, 0.717) is 24.6 Å². The molecule has 1 aliphatic heterocycles. The molecule has 0 N–H and O–H groups in total. The Morgan fingerprint density at radius 3 is 3.00 bits per heavy atom. The molecule has 1 saturated heterocycles. The highest BCUT2D eigenvalue weighted by Crippen LogP contribution is 2.20. The summed E-state index contributed by atoms with van der Waals surface area (Å²) in [4.78, 5) is 19.0. The van der Waals surface area contributed by atoms with E-state index in [1.165, 1.54) is 0 Å². The molecule has 1 amide bonds. The second kappa shape index (κ2) is 7.59. The van der Waals surface area contributed by atoms with Gasteiger partial charge < -0.3 is 9.42 Å². The van der Waals surface area contributed by atoms with E-state index in [2.05, 4.69) is 15.2 Å². The first-order chi connectivity index (χ1) is 11.6. The monoisotopic (exact) mass is 331 g/mol. The molecule has 2 aromatic rings. The lowest BCUT2D eigenvalue weighted by Crippen LogP contribution is -2.46. The van der Waals surface area contributed by atoms with E-state index in [-0.39, 0.29) is 17.9 Å². The number of rotatable bonds is 6. The Labute approximate surface area is 142 Å². The van der Waals surface area contributed by atoms with Crippen molar-refractivity contribution < 1.29 is 9.32 Å². The van der Waals surface area contributed by atoms with Crippen molar-refractivity contribution >= 4 is 5.91 Å². The number of aromatic nitrogens is 4. The summed E-state index contributed by atoms with van der Waals surface area (Å²) in [5, 5.41) is 8.21. The van der Waals surface area contributed by atoms with Gasteiger partial charge in [-0.05, 0) is 25.3 Å². The Hall–Kier alpha value is -2.18. The van der Waals surface area contributed by atoms with Gasteiger partial charge in [-0.15, -0.1) is 0 Å². The van der Waals surface area contributed by atoms with E-state index in [9.17, 15) is 4.79 Å². The molecule has 2 aromatic heterocycles. The Morgan fingerprint density at radius 2 is 2.29 bits per heavy atom. The normalized spacial score (nSPS) is 18.3. The van der Waals surface area contributed by atoms with Gasteiger partial charge >= 0.3 is 0 Å². The maximum atomic E-state index is 12.7. The van der Waals surface area contributed by atoms with Crippen LogP contribution >= 0.6 is 0 Å². The molecule has 7 nitrogen and oxygen atoms in total. The van der Waals surface area contributed by atoms with Crippen molar-refractivity contribution in [3.05, 3.63) is 30.2 Å². The van der Waals surface area contributed by atoms with Crippen molar-refractivity contribution in [2.24, 2.45) is 0 Å². The first-order valence-corrected chi connectivity index (χ1v) is 8.73. The molecule has 7 heteroatoms. The van der Waals surface area contributed by atoms with E-state index in [0.717, 1.165) is 32.4 Å². The molecule has 1 atom stereocenters. The zero-order chi connectivity index (χ0) is 16.9. The average Bonchev–Trinajstić information content (AvgIpc) is 3.24. The van der Waals surface area contributed by atoms with E-state index < -0.39 is 0 Å². The van der Waals surface area contributed by atoms with Crippen molar-refractivity contribution in [3.63, 3.8) is 0 Å². The number of nitrogens with zero attached hydrogens (tertiary/aromatic N) is 5. The minimum Gasteiger partial charge on any atom is -0.339 e. The Balaban J connectivity index is 1.57. The van der Waals surface area contributed by atoms with Gasteiger partial charge in [0.2, 0.25) is 11.8 Å². The van der Waals surface area contributed by atoms with Gasteiger partial charge in [-0.1, -0.05) is 19.0 Å². The summed E-state index contributed by atoms with van der Waals surface area (Å²) in [7, 11) is 0. The topological polar surface area (TPSA) is 77.0 Å². The lowest BCUT2D eigenvalue weighted by molar-refractivity contribution is -0.135. The van der Waals surface area contributed by atoms with Crippen LogP contribution in [0, 0.1) is 0 Å². The summed E-state index contributed by atoms with van der Waals surface area (Å²) in [6, 6.07) is 2.14. The standard InChI is InChI=1S/C17H25N5O2/c1-13(2)17-19-15(24-20-17)7-8-16(23)22-11-4-3-6-14(22)12-21-10-5-9-18-21/h5,9-10,13-14H,3-4,6-8,11-12H2,1-2H3/t14-/m0/s1. The highest BCUT2D eigenvalue weighted by Gasteiger charge is 2.27. The van der Waals surface area contributed by atoms with E-state index in [1.807, 2.05) is 35.7 Å². The predicted octanol–water partition coefficient (Wildman–Crippen LogP) is 2.40. The van der Waals surface area contributed by atoms with Crippen molar-refractivity contribution in [1.82, 2.24) is 24.8 Å². The first-order valence-electron chi connectivity index (χ1n) is 8.73. The van der Waals surface area contributed by atoms with Crippen LogP contribution in [0.1, 0.15) is 57.2 Å². The SMILES string of the molecule is CC(C)c1noc(CCC(=O)N2CCCC[C@H]2Cn2cccn2)n1. The zero-order valence-corrected chi connectivity index (χ0v) is 14.4. The first kappa shape index (κ1) is 16.7. The number of hydrogen-bond acceptors (Lipinski definition) is 5. The van der Waals surface area contributed by atoms with Crippen LogP contribution in [0.4, 0.5) is 0 Å². The van der Waals surface area contributed by atoms with Crippen molar-refractivity contribution in [2.75, 3.05) is 6.54 Å². The molecule has 24 heavy (non-hydrogen) atoms. The lowest BCUT2D eigenvalue weighted by atomic mass is 10.0. The number of carbonyl (C=O) groups excluding carboxylic acids is 1. The molecule has 0 aromatic carbocycles. The molecule has 0 unspecified atom stereocenters. The predicted molar refractivity (Wildman–Crippen MR) is 88.3 cm³/mol. The number of hydrogen-bond donors (Lipinski definition) is 0. The van der Waals surface area contributed by atoms with Gasteiger partial charge in [0.25, 0.3) is 0 Å². The largest absolute Gasteiger partial charge is 0.339 e. The van der Waals surface area contributed by atoms with Gasteiger partial charge in [0.05, 0.1) is 12.6 Å². The summed E-state index contributed by atoms with van der Waals surface area (Å²) in [6.07, 6.45) is 7.90. The molecule has 0 spiro atoms. The molecule has 1 aliphatic rings. The van der Waals surface area contributed by atoms with Crippen LogP contribution in [0.2, 0.25) is 0 Å². The highest BCUT2D eigenvalue weighted by atomic mass is 16.5. The zero-order valence-electron chi connectivity index (χ0n) is 14.4. The van der Waals surface area contributed by atoms with Crippen molar-refractivity contribution in [1.29, 1.82) is 0 Å². The summed E-state index contributed by atoms with van der Waals surface area (Å²) in [6.45, 7) is 5.63. The Kier molecular flexibility index (Phi) is 5.27. The molecular formula is C17H25N5O2. The fraction of sp³-hybridized carbons (Fsp3) is 0.647. The summed E-state index contributed by atoms with van der Waals surface area (Å²) >= 11 is 0. The number of piperidine rings is 1. The quantitative estimate of drug-likeness (QED) is 0.812.